The number of anilines is 2. The molecule has 1 aliphatic carbocycles. The quantitative estimate of drug-likeness (QED) is 0.758. The van der Waals surface area contributed by atoms with Gasteiger partial charge >= 0.3 is 0 Å². The lowest BCUT2D eigenvalue weighted by molar-refractivity contribution is 0.122. The van der Waals surface area contributed by atoms with Crippen LogP contribution < -0.4 is 15.4 Å². The average molecular weight is 416 g/mol. The molecule has 3 N–H and O–H groups in total. The van der Waals surface area contributed by atoms with Crippen molar-refractivity contribution in [3.63, 3.8) is 0 Å². The molecule has 6 nitrogen and oxygen atoms in total. The summed E-state index contributed by atoms with van der Waals surface area (Å²) in [6.45, 7) is 8.86. The van der Waals surface area contributed by atoms with Crippen LogP contribution in [0.2, 0.25) is 0 Å². The Balaban J connectivity index is 1.37. The van der Waals surface area contributed by atoms with Crippen molar-refractivity contribution in [3.05, 3.63) is 54.1 Å². The molecule has 2 unspecified atom stereocenters. The van der Waals surface area contributed by atoms with Gasteiger partial charge in [-0.25, -0.2) is 13.6 Å². The van der Waals surface area contributed by atoms with Crippen LogP contribution in [0.25, 0.3) is 0 Å². The number of nitrogens with two attached hydrogens (primary N) is 1. The molecule has 0 bridgehead atoms. The summed E-state index contributed by atoms with van der Waals surface area (Å²) in [7, 11) is -3.65. The van der Waals surface area contributed by atoms with Gasteiger partial charge in [0.25, 0.3) is 0 Å². The first-order valence-electron chi connectivity index (χ1n) is 10.1. The van der Waals surface area contributed by atoms with Crippen LogP contribution in [0.3, 0.4) is 0 Å². The molecule has 0 amide bonds. The highest BCUT2D eigenvalue weighted by molar-refractivity contribution is 7.89. The number of morpholine rings is 1. The summed E-state index contributed by atoms with van der Waals surface area (Å²) in [6, 6.07) is 15.6. The zero-order valence-corrected chi connectivity index (χ0v) is 17.8. The molecular formula is C22H29N3O3S. The Kier molecular flexibility index (Phi) is 5.31. The van der Waals surface area contributed by atoms with Crippen LogP contribution in [0.1, 0.15) is 25.3 Å². The topological polar surface area (TPSA) is 84.7 Å². The van der Waals surface area contributed by atoms with Gasteiger partial charge < -0.3 is 15.0 Å². The van der Waals surface area contributed by atoms with Gasteiger partial charge in [-0.05, 0) is 59.2 Å². The van der Waals surface area contributed by atoms with Gasteiger partial charge in [-0.1, -0.05) is 26.0 Å². The molecule has 4 rings (SSSR count). The van der Waals surface area contributed by atoms with E-state index in [9.17, 15) is 8.42 Å². The van der Waals surface area contributed by atoms with E-state index in [1.807, 2.05) is 12.1 Å². The monoisotopic (exact) mass is 415 g/mol. The van der Waals surface area contributed by atoms with E-state index in [1.54, 1.807) is 12.1 Å². The molecule has 0 spiro atoms. The third-order valence-electron chi connectivity index (χ3n) is 6.39. The summed E-state index contributed by atoms with van der Waals surface area (Å²) in [5, 5.41) is 8.77. The lowest BCUT2D eigenvalue weighted by atomic mass is 10.0. The predicted octanol–water partition coefficient (Wildman–Crippen LogP) is 3.02. The Morgan fingerprint density at radius 1 is 1.07 bits per heavy atom. The van der Waals surface area contributed by atoms with Crippen LogP contribution in [0.15, 0.2) is 53.4 Å². The minimum Gasteiger partial charge on any atom is -0.385 e. The molecule has 29 heavy (non-hydrogen) atoms. The number of hydrogen-bond donors (Lipinski definition) is 2. The second kappa shape index (κ2) is 7.63. The molecular weight excluding hydrogens is 386 g/mol. The lowest BCUT2D eigenvalue weighted by Gasteiger charge is -2.29. The number of rotatable bonds is 6. The Morgan fingerprint density at radius 2 is 1.69 bits per heavy atom. The van der Waals surface area contributed by atoms with Gasteiger partial charge in [-0.15, -0.1) is 0 Å². The van der Waals surface area contributed by atoms with Crippen molar-refractivity contribution < 1.29 is 13.2 Å². The first kappa shape index (κ1) is 20.2. The molecule has 156 valence electrons. The van der Waals surface area contributed by atoms with Crippen molar-refractivity contribution in [3.8, 4) is 0 Å². The maximum atomic E-state index is 11.5. The number of primary sulfonamides is 1. The summed E-state index contributed by atoms with van der Waals surface area (Å²) in [5.41, 5.74) is 3.69. The smallest absolute Gasteiger partial charge is 0.238 e. The van der Waals surface area contributed by atoms with Crippen molar-refractivity contribution in [2.24, 2.45) is 16.5 Å². The Morgan fingerprint density at radius 3 is 2.28 bits per heavy atom. The molecule has 7 heteroatoms. The first-order chi connectivity index (χ1) is 13.8. The highest BCUT2D eigenvalue weighted by atomic mass is 32.2. The molecule has 0 radical (unpaired) electrons. The standard InChI is InChI=1S/C22H29N3O3S/c1-22(2)20(21(22)16-3-9-19(10-4-16)29(23,26)27)15-24-17-5-7-18(8-6-17)25-11-13-28-14-12-25/h3-10,20-21,24H,11-15H2,1-2H3,(H2,23,26,27). The molecule has 0 aromatic heterocycles. The van der Waals surface area contributed by atoms with Crippen LogP contribution in [-0.4, -0.2) is 41.3 Å². The normalized spacial score (nSPS) is 23.6. The molecule has 2 aromatic carbocycles. The van der Waals surface area contributed by atoms with E-state index in [4.69, 9.17) is 9.88 Å². The Labute approximate surface area is 173 Å². The van der Waals surface area contributed by atoms with Gasteiger partial charge in [-0.2, -0.15) is 0 Å². The van der Waals surface area contributed by atoms with Crippen molar-refractivity contribution in [1.82, 2.24) is 0 Å². The number of hydrogen-bond acceptors (Lipinski definition) is 5. The van der Waals surface area contributed by atoms with Gasteiger partial charge in [0.15, 0.2) is 0 Å². The van der Waals surface area contributed by atoms with Crippen molar-refractivity contribution in [1.29, 1.82) is 0 Å². The highest BCUT2D eigenvalue weighted by Gasteiger charge is 2.57. The molecule has 1 aliphatic heterocycles. The van der Waals surface area contributed by atoms with Crippen LogP contribution in [0, 0.1) is 11.3 Å². The Hall–Kier alpha value is -2.09. The Bertz CT molecular complexity index is 950. The van der Waals surface area contributed by atoms with Crippen LogP contribution in [0.4, 0.5) is 11.4 Å². The summed E-state index contributed by atoms with van der Waals surface area (Å²) in [6.07, 6.45) is 0. The number of sulfonamides is 1. The fourth-order valence-corrected chi connectivity index (χ4v) is 5.01. The molecule has 2 fully saturated rings. The number of nitrogens with one attached hydrogen (secondary N) is 1. The summed E-state index contributed by atoms with van der Waals surface area (Å²) in [5.74, 6) is 0.888. The second-order valence-electron chi connectivity index (χ2n) is 8.55. The molecule has 2 atom stereocenters. The molecule has 1 saturated carbocycles. The van der Waals surface area contributed by atoms with Crippen LogP contribution in [-0.2, 0) is 14.8 Å². The fraction of sp³-hybridized carbons (Fsp3) is 0.455. The predicted molar refractivity (Wildman–Crippen MR) is 116 cm³/mol. The largest absolute Gasteiger partial charge is 0.385 e. The number of nitrogens with zero attached hydrogens (tertiary/aromatic N) is 1. The van der Waals surface area contributed by atoms with Crippen molar-refractivity contribution in [2.45, 2.75) is 24.7 Å². The van der Waals surface area contributed by atoms with Crippen molar-refractivity contribution in [2.75, 3.05) is 43.1 Å². The number of ether oxygens (including phenoxy) is 1. The zero-order chi connectivity index (χ0) is 20.6. The minimum absolute atomic E-state index is 0.162. The van der Waals surface area contributed by atoms with Gasteiger partial charge in [0.1, 0.15) is 0 Å². The molecule has 1 heterocycles. The SMILES string of the molecule is CC1(C)C(CNc2ccc(N3CCOCC3)cc2)C1c1ccc(S(N)(=O)=O)cc1. The second-order valence-corrected chi connectivity index (χ2v) is 10.1. The first-order valence-corrected chi connectivity index (χ1v) is 11.6. The summed E-state index contributed by atoms with van der Waals surface area (Å²) < 4.78 is 28.3. The van der Waals surface area contributed by atoms with Crippen LogP contribution >= 0.6 is 0 Å². The zero-order valence-electron chi connectivity index (χ0n) is 17.0. The van der Waals surface area contributed by atoms with E-state index >= 15 is 0 Å². The summed E-state index contributed by atoms with van der Waals surface area (Å²) in [4.78, 5) is 2.51. The van der Waals surface area contributed by atoms with E-state index in [0.717, 1.165) is 44.1 Å². The lowest BCUT2D eigenvalue weighted by Crippen LogP contribution is -2.36. The molecule has 2 aromatic rings. The van der Waals surface area contributed by atoms with Gasteiger partial charge in [0.2, 0.25) is 10.0 Å². The van der Waals surface area contributed by atoms with Gasteiger partial charge in [0, 0.05) is 31.0 Å². The summed E-state index contributed by atoms with van der Waals surface area (Å²) >= 11 is 0. The van der Waals surface area contributed by atoms with E-state index in [-0.39, 0.29) is 10.3 Å². The molecule has 1 saturated heterocycles. The van der Waals surface area contributed by atoms with E-state index in [2.05, 4.69) is 48.3 Å². The third kappa shape index (κ3) is 4.27. The molecule has 2 aliphatic rings. The maximum Gasteiger partial charge on any atom is 0.238 e. The third-order valence-corrected chi connectivity index (χ3v) is 7.32. The van der Waals surface area contributed by atoms with E-state index < -0.39 is 10.0 Å². The van der Waals surface area contributed by atoms with E-state index in [1.165, 1.54) is 5.69 Å². The average Bonchev–Trinajstić information content (AvgIpc) is 3.27. The number of benzene rings is 2. The van der Waals surface area contributed by atoms with Crippen molar-refractivity contribution >= 4 is 21.4 Å². The van der Waals surface area contributed by atoms with Crippen LogP contribution in [0.5, 0.6) is 0 Å². The maximum absolute atomic E-state index is 11.5. The van der Waals surface area contributed by atoms with Gasteiger partial charge in [-0.3, -0.25) is 0 Å². The fourth-order valence-electron chi connectivity index (χ4n) is 4.49. The minimum atomic E-state index is -3.65. The highest BCUT2D eigenvalue weighted by Crippen LogP contribution is 2.64. The van der Waals surface area contributed by atoms with Gasteiger partial charge in [0.05, 0.1) is 18.1 Å². The van der Waals surface area contributed by atoms with E-state index in [0.29, 0.717) is 11.8 Å².